The summed E-state index contributed by atoms with van der Waals surface area (Å²) in [6.07, 6.45) is 2.07. The molecule has 1 fully saturated rings. The van der Waals surface area contributed by atoms with Gasteiger partial charge in [-0.05, 0) is 42.0 Å². The molecule has 2 aliphatic rings. The number of fused-ring (bicyclic) bond motifs is 1. The van der Waals surface area contributed by atoms with Gasteiger partial charge in [-0.25, -0.2) is 0 Å². The minimum atomic E-state index is -0.0968. The second-order valence-corrected chi connectivity index (χ2v) is 7.37. The van der Waals surface area contributed by atoms with E-state index in [0.29, 0.717) is 13.1 Å². The van der Waals surface area contributed by atoms with E-state index in [0.717, 1.165) is 24.3 Å². The molecule has 1 N–H and O–H groups in total. The molecule has 1 amide bonds. The van der Waals surface area contributed by atoms with E-state index in [1.54, 1.807) is 16.2 Å². The van der Waals surface area contributed by atoms with E-state index in [2.05, 4.69) is 17.4 Å². The number of ether oxygens (including phenoxy) is 2. The van der Waals surface area contributed by atoms with E-state index in [-0.39, 0.29) is 18.2 Å². The third kappa shape index (κ3) is 2.99. The average Bonchev–Trinajstić information content (AvgIpc) is 2.99. The summed E-state index contributed by atoms with van der Waals surface area (Å²) in [5.74, 6) is 1.69. The predicted octanol–water partition coefficient (Wildman–Crippen LogP) is 2.71. The fourth-order valence-corrected chi connectivity index (χ4v) is 3.75. The SMILES string of the molecule is CN(Cc1cccs1)C(=O)CNC1(c2ccc3c(c2)OCO3)CC1. The number of rotatable bonds is 6. The maximum Gasteiger partial charge on any atom is 0.236 e. The molecule has 0 spiro atoms. The molecule has 1 aromatic heterocycles. The zero-order chi connectivity index (χ0) is 16.6. The van der Waals surface area contributed by atoms with Gasteiger partial charge in [0.2, 0.25) is 12.7 Å². The van der Waals surface area contributed by atoms with Gasteiger partial charge in [0.25, 0.3) is 0 Å². The highest BCUT2D eigenvalue weighted by Gasteiger charge is 2.44. The van der Waals surface area contributed by atoms with Crippen LogP contribution >= 0.6 is 11.3 Å². The fourth-order valence-electron chi connectivity index (χ4n) is 2.99. The first kappa shape index (κ1) is 15.5. The van der Waals surface area contributed by atoms with Crippen LogP contribution < -0.4 is 14.8 Å². The Kier molecular flexibility index (Phi) is 3.94. The molecular weight excluding hydrogens is 324 g/mol. The highest BCUT2D eigenvalue weighted by Crippen LogP contribution is 2.48. The number of nitrogens with zero attached hydrogens (tertiary/aromatic N) is 1. The molecule has 0 radical (unpaired) electrons. The Morgan fingerprint density at radius 3 is 2.88 bits per heavy atom. The van der Waals surface area contributed by atoms with Crippen molar-refractivity contribution in [3.05, 3.63) is 46.2 Å². The molecule has 24 heavy (non-hydrogen) atoms. The fraction of sp³-hybridized carbons (Fsp3) is 0.389. The summed E-state index contributed by atoms with van der Waals surface area (Å²) in [6.45, 7) is 1.29. The Labute approximate surface area is 145 Å². The van der Waals surface area contributed by atoms with Crippen LogP contribution in [0.3, 0.4) is 0 Å². The molecule has 6 heteroatoms. The number of hydrogen-bond donors (Lipinski definition) is 1. The lowest BCUT2D eigenvalue weighted by Gasteiger charge is -2.21. The van der Waals surface area contributed by atoms with Crippen LogP contribution in [0.25, 0.3) is 0 Å². The number of hydrogen-bond acceptors (Lipinski definition) is 5. The smallest absolute Gasteiger partial charge is 0.236 e. The van der Waals surface area contributed by atoms with E-state index in [1.165, 1.54) is 10.4 Å². The molecule has 0 bridgehead atoms. The summed E-state index contributed by atoms with van der Waals surface area (Å²) in [4.78, 5) is 15.4. The van der Waals surface area contributed by atoms with Crippen molar-refractivity contribution in [3.8, 4) is 11.5 Å². The van der Waals surface area contributed by atoms with E-state index >= 15 is 0 Å². The van der Waals surface area contributed by atoms with Crippen molar-refractivity contribution in [3.63, 3.8) is 0 Å². The van der Waals surface area contributed by atoms with Gasteiger partial charge < -0.3 is 14.4 Å². The lowest BCUT2D eigenvalue weighted by atomic mass is 10.0. The Morgan fingerprint density at radius 1 is 1.29 bits per heavy atom. The van der Waals surface area contributed by atoms with E-state index in [4.69, 9.17) is 9.47 Å². The van der Waals surface area contributed by atoms with Crippen LogP contribution in [0.15, 0.2) is 35.7 Å². The van der Waals surface area contributed by atoms with E-state index in [1.807, 2.05) is 30.6 Å². The molecule has 1 aliphatic carbocycles. The van der Waals surface area contributed by atoms with Crippen molar-refractivity contribution in [1.29, 1.82) is 0 Å². The molecule has 2 aromatic rings. The molecule has 4 rings (SSSR count). The van der Waals surface area contributed by atoms with E-state index in [9.17, 15) is 4.79 Å². The maximum absolute atomic E-state index is 12.4. The number of likely N-dealkylation sites (N-methyl/N-ethyl adjacent to an activating group) is 1. The summed E-state index contributed by atoms with van der Waals surface area (Å²) in [7, 11) is 1.85. The zero-order valence-corrected chi connectivity index (χ0v) is 14.4. The Morgan fingerprint density at radius 2 is 2.12 bits per heavy atom. The third-order valence-electron chi connectivity index (χ3n) is 4.65. The first-order valence-corrected chi connectivity index (χ1v) is 8.96. The zero-order valence-electron chi connectivity index (χ0n) is 13.6. The van der Waals surface area contributed by atoms with Gasteiger partial charge in [-0.15, -0.1) is 11.3 Å². The normalized spacial score (nSPS) is 16.9. The van der Waals surface area contributed by atoms with Crippen LogP contribution in [0, 0.1) is 0 Å². The lowest BCUT2D eigenvalue weighted by Crippen LogP contribution is -2.39. The first-order chi connectivity index (χ1) is 11.7. The van der Waals surface area contributed by atoms with Crippen LogP contribution in [-0.4, -0.2) is 31.2 Å². The van der Waals surface area contributed by atoms with Gasteiger partial charge in [-0.3, -0.25) is 10.1 Å². The highest BCUT2D eigenvalue weighted by molar-refractivity contribution is 7.09. The summed E-state index contributed by atoms with van der Waals surface area (Å²) in [5.41, 5.74) is 1.07. The van der Waals surface area contributed by atoms with Gasteiger partial charge in [0.15, 0.2) is 11.5 Å². The summed E-state index contributed by atoms with van der Waals surface area (Å²) in [5, 5.41) is 5.49. The highest BCUT2D eigenvalue weighted by atomic mass is 32.1. The van der Waals surface area contributed by atoms with Gasteiger partial charge in [0.1, 0.15) is 0 Å². The standard InChI is InChI=1S/C18H20N2O3S/c1-20(11-14-3-2-8-24-14)17(21)10-19-18(6-7-18)13-4-5-15-16(9-13)23-12-22-15/h2-5,8-9,19H,6-7,10-12H2,1H3. The van der Waals surface area contributed by atoms with Gasteiger partial charge in [-0.1, -0.05) is 12.1 Å². The Balaban J connectivity index is 1.37. The van der Waals surface area contributed by atoms with Crippen molar-refractivity contribution < 1.29 is 14.3 Å². The molecule has 0 saturated heterocycles. The monoisotopic (exact) mass is 344 g/mol. The second kappa shape index (κ2) is 6.11. The number of carbonyl (C=O) groups is 1. The molecular formula is C18H20N2O3S. The number of thiophene rings is 1. The van der Waals surface area contributed by atoms with Crippen LogP contribution in [0.2, 0.25) is 0 Å². The van der Waals surface area contributed by atoms with Crippen molar-refractivity contribution in [2.75, 3.05) is 20.4 Å². The predicted molar refractivity (Wildman–Crippen MR) is 92.3 cm³/mol. The molecule has 2 heterocycles. The van der Waals surface area contributed by atoms with Crippen LogP contribution in [0.4, 0.5) is 0 Å². The quantitative estimate of drug-likeness (QED) is 0.875. The van der Waals surface area contributed by atoms with Crippen molar-refractivity contribution in [2.45, 2.75) is 24.9 Å². The number of amides is 1. The minimum Gasteiger partial charge on any atom is -0.454 e. The minimum absolute atomic E-state index is 0.0968. The van der Waals surface area contributed by atoms with Crippen molar-refractivity contribution in [1.82, 2.24) is 10.2 Å². The summed E-state index contributed by atoms with van der Waals surface area (Å²) in [6, 6.07) is 10.1. The second-order valence-electron chi connectivity index (χ2n) is 6.33. The number of nitrogens with one attached hydrogen (secondary N) is 1. The summed E-state index contributed by atoms with van der Waals surface area (Å²) < 4.78 is 10.8. The van der Waals surface area contributed by atoms with Crippen molar-refractivity contribution in [2.24, 2.45) is 0 Å². The molecule has 0 unspecified atom stereocenters. The lowest BCUT2D eigenvalue weighted by molar-refractivity contribution is -0.129. The Bertz CT molecular complexity index is 741. The number of carbonyl (C=O) groups excluding carboxylic acids is 1. The van der Waals surface area contributed by atoms with Gasteiger partial charge in [-0.2, -0.15) is 0 Å². The average molecular weight is 344 g/mol. The molecule has 0 atom stereocenters. The molecule has 1 aliphatic heterocycles. The topological polar surface area (TPSA) is 50.8 Å². The van der Waals surface area contributed by atoms with Gasteiger partial charge in [0, 0.05) is 17.5 Å². The molecule has 1 aromatic carbocycles. The van der Waals surface area contributed by atoms with Crippen LogP contribution in [0.5, 0.6) is 11.5 Å². The summed E-state index contributed by atoms with van der Waals surface area (Å²) >= 11 is 1.67. The van der Waals surface area contributed by atoms with Crippen LogP contribution in [-0.2, 0) is 16.9 Å². The first-order valence-electron chi connectivity index (χ1n) is 8.08. The van der Waals surface area contributed by atoms with Crippen molar-refractivity contribution >= 4 is 17.2 Å². The number of benzene rings is 1. The third-order valence-corrected chi connectivity index (χ3v) is 5.51. The molecule has 1 saturated carbocycles. The van der Waals surface area contributed by atoms with E-state index < -0.39 is 0 Å². The van der Waals surface area contributed by atoms with Gasteiger partial charge >= 0.3 is 0 Å². The Hall–Kier alpha value is -2.05. The largest absolute Gasteiger partial charge is 0.454 e. The maximum atomic E-state index is 12.4. The molecule has 5 nitrogen and oxygen atoms in total. The molecule has 126 valence electrons. The van der Waals surface area contributed by atoms with Gasteiger partial charge in [0.05, 0.1) is 13.1 Å². The van der Waals surface area contributed by atoms with Crippen LogP contribution in [0.1, 0.15) is 23.3 Å².